The number of aryl methyl sites for hydroxylation is 1. The first-order chi connectivity index (χ1) is 12.6. The van der Waals surface area contributed by atoms with Crippen LogP contribution >= 0.6 is 0 Å². The van der Waals surface area contributed by atoms with E-state index in [-0.39, 0.29) is 24.0 Å². The molecule has 3 nitrogen and oxygen atoms in total. The van der Waals surface area contributed by atoms with Gasteiger partial charge in [0.15, 0.2) is 0 Å². The minimum Gasteiger partial charge on any atom is -0.394 e. The van der Waals surface area contributed by atoms with E-state index in [4.69, 9.17) is 0 Å². The molecule has 0 aliphatic carbocycles. The van der Waals surface area contributed by atoms with E-state index < -0.39 is 0 Å². The van der Waals surface area contributed by atoms with E-state index in [1.807, 2.05) is 18.2 Å². The number of rotatable bonds is 4. The molecule has 2 aliphatic rings. The van der Waals surface area contributed by atoms with Crippen molar-refractivity contribution in [2.24, 2.45) is 11.8 Å². The number of benzene rings is 2. The fraction of sp³-hybridized carbons (Fsp3) is 0.455. The van der Waals surface area contributed by atoms with Crippen LogP contribution in [0, 0.1) is 24.6 Å². The van der Waals surface area contributed by atoms with E-state index in [9.17, 15) is 9.50 Å². The maximum atomic E-state index is 14.2. The topological polar surface area (TPSA) is 35.5 Å². The lowest BCUT2D eigenvalue weighted by molar-refractivity contribution is 0.133. The van der Waals surface area contributed by atoms with Gasteiger partial charge in [0.2, 0.25) is 0 Å². The smallest absolute Gasteiger partial charge is 0.126 e. The van der Waals surface area contributed by atoms with Gasteiger partial charge < -0.3 is 15.3 Å². The number of fused-ring (bicyclic) bond motifs is 1. The molecular formula is C22H27FN2O. The summed E-state index contributed by atoms with van der Waals surface area (Å²) in [7, 11) is 0. The van der Waals surface area contributed by atoms with Gasteiger partial charge in [-0.1, -0.05) is 37.3 Å². The predicted molar refractivity (Wildman–Crippen MR) is 103 cm³/mol. The summed E-state index contributed by atoms with van der Waals surface area (Å²) in [4.78, 5) is 2.41. The number of aliphatic hydroxyl groups excluding tert-OH is 1. The van der Waals surface area contributed by atoms with E-state index in [2.05, 4.69) is 41.4 Å². The highest BCUT2D eigenvalue weighted by atomic mass is 19.1. The van der Waals surface area contributed by atoms with Crippen molar-refractivity contribution < 1.29 is 9.50 Å². The van der Waals surface area contributed by atoms with Crippen molar-refractivity contribution >= 4 is 5.69 Å². The van der Waals surface area contributed by atoms with Crippen molar-refractivity contribution in [3.63, 3.8) is 0 Å². The Kier molecular flexibility index (Phi) is 4.49. The van der Waals surface area contributed by atoms with Crippen LogP contribution in [0.1, 0.15) is 30.5 Å². The van der Waals surface area contributed by atoms with Gasteiger partial charge in [-0.2, -0.15) is 0 Å². The zero-order valence-corrected chi connectivity index (χ0v) is 15.5. The highest BCUT2D eigenvalue weighted by molar-refractivity contribution is 5.48. The summed E-state index contributed by atoms with van der Waals surface area (Å²) < 4.78 is 14.2. The van der Waals surface area contributed by atoms with Crippen molar-refractivity contribution in [2.75, 3.05) is 24.6 Å². The van der Waals surface area contributed by atoms with Gasteiger partial charge in [-0.25, -0.2) is 4.39 Å². The largest absolute Gasteiger partial charge is 0.394 e. The third-order valence-corrected chi connectivity index (χ3v) is 6.54. The third-order valence-electron chi connectivity index (χ3n) is 6.54. The molecule has 2 fully saturated rings. The minimum atomic E-state index is -0.305. The van der Waals surface area contributed by atoms with Gasteiger partial charge in [0.1, 0.15) is 5.82 Å². The summed E-state index contributed by atoms with van der Waals surface area (Å²) in [6, 6.07) is 16.1. The quantitative estimate of drug-likeness (QED) is 0.879. The Morgan fingerprint density at radius 2 is 1.96 bits per heavy atom. The Bertz CT molecular complexity index is 775. The zero-order chi connectivity index (χ0) is 18.3. The highest BCUT2D eigenvalue weighted by Gasteiger charge is 2.55. The summed E-state index contributed by atoms with van der Waals surface area (Å²) in [5.74, 6) is 0.535. The maximum absolute atomic E-state index is 14.2. The second-order valence-corrected chi connectivity index (χ2v) is 7.81. The van der Waals surface area contributed by atoms with Gasteiger partial charge in [-0.3, -0.25) is 0 Å². The van der Waals surface area contributed by atoms with E-state index in [0.29, 0.717) is 17.4 Å². The molecule has 2 aliphatic heterocycles. The van der Waals surface area contributed by atoms with Crippen LogP contribution < -0.4 is 10.2 Å². The van der Waals surface area contributed by atoms with E-state index >= 15 is 0 Å². The summed E-state index contributed by atoms with van der Waals surface area (Å²) in [5, 5.41) is 13.9. The molecule has 26 heavy (non-hydrogen) atoms. The number of anilines is 1. The van der Waals surface area contributed by atoms with Gasteiger partial charge in [-0.05, 0) is 42.7 Å². The molecular weight excluding hydrogens is 327 g/mol. The first kappa shape index (κ1) is 17.5. The minimum absolute atomic E-state index is 0.0657. The first-order valence-electron chi connectivity index (χ1n) is 9.52. The predicted octanol–water partition coefficient (Wildman–Crippen LogP) is 3.67. The summed E-state index contributed by atoms with van der Waals surface area (Å²) in [6.45, 7) is 5.87. The Balaban J connectivity index is 1.69. The van der Waals surface area contributed by atoms with Gasteiger partial charge in [-0.15, -0.1) is 0 Å². The molecule has 0 spiro atoms. The molecule has 2 aromatic carbocycles. The number of hydrogen-bond donors (Lipinski definition) is 2. The Morgan fingerprint density at radius 3 is 2.62 bits per heavy atom. The normalized spacial score (nSPS) is 30.6. The number of para-hydroxylation sites is 1. The van der Waals surface area contributed by atoms with Crippen molar-refractivity contribution in [1.82, 2.24) is 5.32 Å². The van der Waals surface area contributed by atoms with Crippen molar-refractivity contribution in [3.05, 3.63) is 65.5 Å². The number of aliphatic hydroxyl groups is 1. The number of hydrogen-bond acceptors (Lipinski definition) is 3. The highest BCUT2D eigenvalue weighted by Crippen LogP contribution is 2.49. The van der Waals surface area contributed by atoms with Crippen LogP contribution in [-0.4, -0.2) is 30.3 Å². The summed E-state index contributed by atoms with van der Waals surface area (Å²) in [6.07, 6.45) is 0.859. The molecule has 0 saturated carbocycles. The molecule has 0 unspecified atom stereocenters. The van der Waals surface area contributed by atoms with E-state index in [0.717, 1.165) is 25.1 Å². The van der Waals surface area contributed by atoms with Gasteiger partial charge >= 0.3 is 0 Å². The molecule has 0 amide bonds. The average Bonchev–Trinajstić information content (AvgIpc) is 3.23. The van der Waals surface area contributed by atoms with Gasteiger partial charge in [0.25, 0.3) is 0 Å². The molecule has 0 aromatic heterocycles. The Labute approximate surface area is 154 Å². The fourth-order valence-electron chi connectivity index (χ4n) is 4.90. The maximum Gasteiger partial charge on any atom is 0.126 e. The lowest BCUT2D eigenvalue weighted by Crippen LogP contribution is -2.50. The Morgan fingerprint density at radius 1 is 1.19 bits per heavy atom. The van der Waals surface area contributed by atoms with Crippen LogP contribution in [-0.2, 0) is 0 Å². The molecule has 4 atom stereocenters. The van der Waals surface area contributed by atoms with Crippen LogP contribution in [0.25, 0.3) is 0 Å². The number of halogens is 1. The molecule has 138 valence electrons. The lowest BCUT2D eigenvalue weighted by atomic mass is 9.79. The van der Waals surface area contributed by atoms with Crippen LogP contribution in [0.2, 0.25) is 0 Å². The molecule has 0 radical (unpaired) electrons. The van der Waals surface area contributed by atoms with Crippen LogP contribution in [0.4, 0.5) is 10.1 Å². The van der Waals surface area contributed by atoms with E-state index in [1.54, 1.807) is 13.0 Å². The van der Waals surface area contributed by atoms with E-state index in [1.165, 1.54) is 5.69 Å². The molecule has 2 aromatic rings. The molecule has 2 saturated heterocycles. The van der Waals surface area contributed by atoms with Crippen LogP contribution in [0.5, 0.6) is 0 Å². The van der Waals surface area contributed by atoms with Gasteiger partial charge in [0.05, 0.1) is 6.61 Å². The van der Waals surface area contributed by atoms with Crippen LogP contribution in [0.3, 0.4) is 0 Å². The Hall–Kier alpha value is -1.91. The van der Waals surface area contributed by atoms with Crippen molar-refractivity contribution in [2.45, 2.75) is 31.8 Å². The third kappa shape index (κ3) is 2.72. The molecule has 2 heterocycles. The number of nitrogens with zero attached hydrogens (tertiary/aromatic N) is 1. The van der Waals surface area contributed by atoms with Gasteiger partial charge in [0, 0.05) is 42.2 Å². The summed E-state index contributed by atoms with van der Waals surface area (Å²) in [5.41, 5.74) is 2.57. The first-order valence-corrected chi connectivity index (χ1v) is 9.52. The standard InChI is InChI=1S/C22H27FN2O/c1-3-22(14-26)19-13-25(17-7-5-4-6-8-17)12-18(19)21(24-22)16-10-9-15(2)20(23)11-16/h4-11,18-19,21,24,26H,3,12-14H2,1-2H3/t18-,19+,21-,22+/m1/s1. The second-order valence-electron chi connectivity index (χ2n) is 7.81. The average molecular weight is 354 g/mol. The SMILES string of the molecule is CC[C@@]1(CO)N[C@H](c2ccc(C)c(F)c2)[C@@H]2CN(c3ccccc3)C[C@@H]21. The summed E-state index contributed by atoms with van der Waals surface area (Å²) >= 11 is 0. The molecule has 0 bridgehead atoms. The molecule has 4 heteroatoms. The zero-order valence-electron chi connectivity index (χ0n) is 15.5. The van der Waals surface area contributed by atoms with Crippen LogP contribution in [0.15, 0.2) is 48.5 Å². The second kappa shape index (κ2) is 6.67. The lowest BCUT2D eigenvalue weighted by Gasteiger charge is -2.34. The fourth-order valence-corrected chi connectivity index (χ4v) is 4.90. The monoisotopic (exact) mass is 354 g/mol. The molecule has 4 rings (SSSR count). The van der Waals surface area contributed by atoms with Crippen molar-refractivity contribution in [1.29, 1.82) is 0 Å². The molecule has 2 N–H and O–H groups in total. The van der Waals surface area contributed by atoms with Crippen molar-refractivity contribution in [3.8, 4) is 0 Å². The number of nitrogens with one attached hydrogen (secondary N) is 1.